The van der Waals surface area contributed by atoms with Gasteiger partial charge in [0.2, 0.25) is 0 Å². The van der Waals surface area contributed by atoms with E-state index < -0.39 is 0 Å². The smallest absolute Gasteiger partial charge is 0.159 e. The molecule has 5 rings (SSSR count). The molecule has 2 atom stereocenters. The molecule has 0 bridgehead atoms. The van der Waals surface area contributed by atoms with Crippen LogP contribution in [-0.2, 0) is 20.6 Å². The predicted molar refractivity (Wildman–Crippen MR) is 134 cm³/mol. The highest BCUT2D eigenvalue weighted by atomic mass is 19.1. The predicted octanol–water partition coefficient (Wildman–Crippen LogP) is 5.49. The van der Waals surface area contributed by atoms with Gasteiger partial charge in [-0.05, 0) is 91.3 Å². The molecule has 2 aliphatic heterocycles. The van der Waals surface area contributed by atoms with Crippen molar-refractivity contribution in [1.29, 1.82) is 0 Å². The van der Waals surface area contributed by atoms with Crippen LogP contribution in [0.4, 0.5) is 10.1 Å². The zero-order valence-corrected chi connectivity index (χ0v) is 20.9. The molecule has 0 spiro atoms. The van der Waals surface area contributed by atoms with Gasteiger partial charge in [-0.25, -0.2) is 4.39 Å². The standard InChI is InChI=1S/C29H38FNO4/c1-33-29(34-2)20-9-13-31(14-10-20)27-8-4-22(18-26(27)30)28-24(19-11-15-35-16-12-19)6-3-21-17-23(32)5-7-25(21)28/h4-5,7-8,17-20,24,28-29,32H,3,6,9-16H2,1-2H3/t24-,28+/m1/s1. The molecule has 0 amide bonds. The van der Waals surface area contributed by atoms with Crippen molar-refractivity contribution in [3.05, 3.63) is 58.9 Å². The van der Waals surface area contributed by atoms with Gasteiger partial charge >= 0.3 is 0 Å². The number of rotatable bonds is 6. The summed E-state index contributed by atoms with van der Waals surface area (Å²) in [6.07, 6.45) is 5.78. The molecule has 2 aromatic carbocycles. The highest BCUT2D eigenvalue weighted by molar-refractivity contribution is 5.52. The number of halogens is 1. The number of nitrogens with zero attached hydrogens (tertiary/aromatic N) is 1. The normalized spacial score (nSPS) is 24.1. The highest BCUT2D eigenvalue weighted by Gasteiger charge is 2.37. The lowest BCUT2D eigenvalue weighted by molar-refractivity contribution is -0.141. The summed E-state index contributed by atoms with van der Waals surface area (Å²) >= 11 is 0. The van der Waals surface area contributed by atoms with E-state index in [2.05, 4.69) is 17.0 Å². The summed E-state index contributed by atoms with van der Waals surface area (Å²) < 4.78 is 32.2. The second-order valence-corrected chi connectivity index (χ2v) is 10.4. The second kappa shape index (κ2) is 10.9. The van der Waals surface area contributed by atoms with E-state index in [-0.39, 0.29) is 18.0 Å². The van der Waals surface area contributed by atoms with E-state index >= 15 is 4.39 Å². The first-order valence-corrected chi connectivity index (χ1v) is 13.1. The molecule has 0 saturated carbocycles. The Morgan fingerprint density at radius 1 is 0.971 bits per heavy atom. The number of fused-ring (bicyclic) bond motifs is 1. The molecule has 190 valence electrons. The lowest BCUT2D eigenvalue weighted by Gasteiger charge is -2.41. The lowest BCUT2D eigenvalue weighted by atomic mass is 9.65. The maximum absolute atomic E-state index is 15.6. The Hall–Kier alpha value is -2.15. The number of phenolic OH excluding ortho intramolecular Hbond substituents is 1. The van der Waals surface area contributed by atoms with Crippen LogP contribution in [0.15, 0.2) is 36.4 Å². The Labute approximate surface area is 208 Å². The van der Waals surface area contributed by atoms with Gasteiger partial charge in [0, 0.05) is 52.4 Å². The minimum Gasteiger partial charge on any atom is -0.508 e. The van der Waals surface area contributed by atoms with Crippen LogP contribution >= 0.6 is 0 Å². The topological polar surface area (TPSA) is 51.2 Å². The zero-order chi connectivity index (χ0) is 24.4. The van der Waals surface area contributed by atoms with Gasteiger partial charge in [-0.15, -0.1) is 0 Å². The third-order valence-corrected chi connectivity index (χ3v) is 8.57. The summed E-state index contributed by atoms with van der Waals surface area (Å²) in [4.78, 5) is 2.15. The third-order valence-electron chi connectivity index (χ3n) is 8.57. The van der Waals surface area contributed by atoms with Gasteiger partial charge in [-0.1, -0.05) is 12.1 Å². The van der Waals surface area contributed by atoms with E-state index in [9.17, 15) is 5.11 Å². The summed E-state index contributed by atoms with van der Waals surface area (Å²) in [6, 6.07) is 11.6. The minimum atomic E-state index is -0.197. The van der Waals surface area contributed by atoms with Gasteiger partial charge in [-0.2, -0.15) is 0 Å². The summed E-state index contributed by atoms with van der Waals surface area (Å²) in [6.45, 7) is 3.21. The Bertz CT molecular complexity index is 996. The Morgan fingerprint density at radius 3 is 2.40 bits per heavy atom. The molecule has 2 aromatic rings. The van der Waals surface area contributed by atoms with E-state index in [1.165, 1.54) is 11.1 Å². The molecule has 3 aliphatic rings. The van der Waals surface area contributed by atoms with E-state index in [4.69, 9.17) is 14.2 Å². The molecule has 1 aliphatic carbocycles. The highest BCUT2D eigenvalue weighted by Crippen LogP contribution is 2.47. The van der Waals surface area contributed by atoms with Crippen LogP contribution in [0, 0.1) is 23.6 Å². The number of methoxy groups -OCH3 is 2. The van der Waals surface area contributed by atoms with Crippen molar-refractivity contribution in [3.63, 3.8) is 0 Å². The number of piperidine rings is 1. The fourth-order valence-corrected chi connectivity index (χ4v) is 6.78. The number of phenols is 1. The number of aromatic hydroxyl groups is 1. The molecular formula is C29H38FNO4. The van der Waals surface area contributed by atoms with Crippen LogP contribution in [0.25, 0.3) is 0 Å². The average Bonchev–Trinajstić information content (AvgIpc) is 2.89. The van der Waals surface area contributed by atoms with Gasteiger partial charge in [0.1, 0.15) is 11.6 Å². The maximum atomic E-state index is 15.6. The van der Waals surface area contributed by atoms with Crippen molar-refractivity contribution in [1.82, 2.24) is 0 Å². The molecule has 1 N–H and O–H groups in total. The van der Waals surface area contributed by atoms with Crippen molar-refractivity contribution in [2.24, 2.45) is 17.8 Å². The molecule has 5 nitrogen and oxygen atoms in total. The number of hydrogen-bond donors (Lipinski definition) is 1. The van der Waals surface area contributed by atoms with Gasteiger partial charge in [0.05, 0.1) is 5.69 Å². The Kier molecular flexibility index (Phi) is 7.61. The summed E-state index contributed by atoms with van der Waals surface area (Å²) in [5, 5.41) is 10.1. The fourth-order valence-electron chi connectivity index (χ4n) is 6.78. The van der Waals surface area contributed by atoms with Crippen LogP contribution in [-0.4, -0.2) is 51.9 Å². The van der Waals surface area contributed by atoms with Crippen molar-refractivity contribution in [3.8, 4) is 5.75 Å². The number of ether oxygens (including phenoxy) is 3. The molecule has 0 radical (unpaired) electrons. The molecule has 2 saturated heterocycles. The van der Waals surface area contributed by atoms with Gasteiger partial charge < -0.3 is 24.2 Å². The van der Waals surface area contributed by atoms with Crippen LogP contribution < -0.4 is 4.90 Å². The molecule has 0 unspecified atom stereocenters. The van der Waals surface area contributed by atoms with Gasteiger partial charge in [-0.3, -0.25) is 0 Å². The van der Waals surface area contributed by atoms with E-state index in [1.54, 1.807) is 26.4 Å². The maximum Gasteiger partial charge on any atom is 0.159 e. The summed E-state index contributed by atoms with van der Waals surface area (Å²) in [7, 11) is 3.36. The van der Waals surface area contributed by atoms with Crippen LogP contribution in [0.3, 0.4) is 0 Å². The largest absolute Gasteiger partial charge is 0.508 e. The Morgan fingerprint density at radius 2 is 1.71 bits per heavy atom. The molecule has 0 aromatic heterocycles. The molecule has 2 fully saturated rings. The van der Waals surface area contributed by atoms with Crippen LogP contribution in [0.5, 0.6) is 5.75 Å². The number of aryl methyl sites for hydroxylation is 1. The first-order chi connectivity index (χ1) is 17.1. The van der Waals surface area contributed by atoms with Crippen LogP contribution in [0.1, 0.15) is 54.7 Å². The van der Waals surface area contributed by atoms with Crippen molar-refractivity contribution in [2.75, 3.05) is 45.4 Å². The average molecular weight is 484 g/mol. The van der Waals surface area contributed by atoms with Gasteiger partial charge in [0.25, 0.3) is 0 Å². The molecule has 35 heavy (non-hydrogen) atoms. The summed E-state index contributed by atoms with van der Waals surface area (Å²) in [5.74, 6) is 1.66. The fraction of sp³-hybridized carbons (Fsp3) is 0.586. The zero-order valence-electron chi connectivity index (χ0n) is 20.9. The van der Waals surface area contributed by atoms with E-state index in [1.807, 2.05) is 12.1 Å². The molecule has 2 heterocycles. The first-order valence-electron chi connectivity index (χ1n) is 13.1. The summed E-state index contributed by atoms with van der Waals surface area (Å²) in [5.41, 5.74) is 4.16. The molecule has 6 heteroatoms. The van der Waals surface area contributed by atoms with E-state index in [0.29, 0.717) is 29.2 Å². The second-order valence-electron chi connectivity index (χ2n) is 10.4. The molecular weight excluding hydrogens is 445 g/mol. The number of anilines is 1. The van der Waals surface area contributed by atoms with Crippen molar-refractivity contribution < 1.29 is 23.7 Å². The van der Waals surface area contributed by atoms with Crippen LogP contribution in [0.2, 0.25) is 0 Å². The first kappa shape index (κ1) is 24.5. The third kappa shape index (κ3) is 5.07. The number of hydrogen-bond acceptors (Lipinski definition) is 5. The monoisotopic (exact) mass is 483 g/mol. The van der Waals surface area contributed by atoms with E-state index in [0.717, 1.165) is 70.4 Å². The van der Waals surface area contributed by atoms with Crippen molar-refractivity contribution in [2.45, 2.75) is 50.7 Å². The quantitative estimate of drug-likeness (QED) is 0.551. The SMILES string of the molecule is COC(OC)C1CCN(c2ccc([C@@H]3c4ccc(O)cc4CC[C@@H]3C3CCOCC3)cc2F)CC1. The lowest BCUT2D eigenvalue weighted by Crippen LogP contribution is -2.39. The minimum absolute atomic E-state index is 0.140. The Balaban J connectivity index is 1.40. The number of benzene rings is 2. The van der Waals surface area contributed by atoms with Crippen molar-refractivity contribution >= 4 is 5.69 Å². The van der Waals surface area contributed by atoms with Gasteiger partial charge in [0.15, 0.2) is 6.29 Å².